The van der Waals surface area contributed by atoms with E-state index in [2.05, 4.69) is 10.6 Å². The average molecular weight is 351 g/mol. The quantitative estimate of drug-likeness (QED) is 0.684. The second-order valence-electron chi connectivity index (χ2n) is 7.32. The van der Waals surface area contributed by atoms with Crippen molar-refractivity contribution in [3.63, 3.8) is 0 Å². The average Bonchev–Trinajstić information content (AvgIpc) is 2.58. The third-order valence-electron chi connectivity index (χ3n) is 4.81. The summed E-state index contributed by atoms with van der Waals surface area (Å²) in [4.78, 5) is 38.2. The van der Waals surface area contributed by atoms with Crippen molar-refractivity contribution in [2.75, 3.05) is 13.6 Å². The highest BCUT2D eigenvalue weighted by Crippen LogP contribution is 2.15. The van der Waals surface area contributed by atoms with Gasteiger partial charge in [-0.3, -0.25) is 14.4 Å². The minimum Gasteiger partial charge on any atom is -0.343 e. The number of amides is 2. The SMILES string of the molecule is CC(=O)/C(C)=C/[C@H](C(C)C)N(C)C(=O)[C@H](C)NC(=O)C1CCCCN1. The number of hydrogen-bond donors (Lipinski definition) is 2. The molecule has 3 atom stereocenters. The van der Waals surface area contributed by atoms with Crippen molar-refractivity contribution < 1.29 is 14.4 Å². The van der Waals surface area contributed by atoms with Crippen molar-refractivity contribution in [1.82, 2.24) is 15.5 Å². The first kappa shape index (κ1) is 21.4. The maximum atomic E-state index is 12.7. The molecule has 0 spiro atoms. The van der Waals surface area contributed by atoms with Crippen molar-refractivity contribution in [2.24, 2.45) is 5.92 Å². The van der Waals surface area contributed by atoms with Crippen molar-refractivity contribution >= 4 is 17.6 Å². The molecule has 1 fully saturated rings. The standard InChI is InChI=1S/C19H33N3O3/c1-12(2)17(11-13(3)15(5)23)22(6)19(25)14(4)21-18(24)16-9-7-8-10-20-16/h11-12,14,16-17,20H,7-10H2,1-6H3,(H,21,24)/b13-11+/t14-,16?,17+/m0/s1. The summed E-state index contributed by atoms with van der Waals surface area (Å²) in [6.45, 7) is 9.84. The summed E-state index contributed by atoms with van der Waals surface area (Å²) in [6.07, 6.45) is 4.75. The van der Waals surface area contributed by atoms with Gasteiger partial charge in [-0.1, -0.05) is 26.3 Å². The molecule has 0 saturated carbocycles. The van der Waals surface area contributed by atoms with Gasteiger partial charge in [-0.25, -0.2) is 0 Å². The monoisotopic (exact) mass is 351 g/mol. The summed E-state index contributed by atoms with van der Waals surface area (Å²) in [6, 6.07) is -1.01. The summed E-state index contributed by atoms with van der Waals surface area (Å²) in [5, 5.41) is 6.01. The normalized spacial score (nSPS) is 20.8. The van der Waals surface area contributed by atoms with Crippen LogP contribution in [-0.4, -0.2) is 54.2 Å². The van der Waals surface area contributed by atoms with E-state index in [1.807, 2.05) is 19.9 Å². The smallest absolute Gasteiger partial charge is 0.245 e. The minimum atomic E-state index is -0.603. The van der Waals surface area contributed by atoms with E-state index in [9.17, 15) is 14.4 Å². The van der Waals surface area contributed by atoms with Gasteiger partial charge in [-0.05, 0) is 51.6 Å². The fourth-order valence-corrected chi connectivity index (χ4v) is 3.03. The summed E-state index contributed by atoms with van der Waals surface area (Å²) in [5.41, 5.74) is 0.640. The Morgan fingerprint density at radius 2 is 1.80 bits per heavy atom. The van der Waals surface area contributed by atoms with E-state index >= 15 is 0 Å². The number of hydrogen-bond acceptors (Lipinski definition) is 4. The second-order valence-corrected chi connectivity index (χ2v) is 7.32. The number of likely N-dealkylation sites (N-methyl/N-ethyl adjacent to an activating group) is 1. The fourth-order valence-electron chi connectivity index (χ4n) is 3.03. The van der Waals surface area contributed by atoms with Crippen molar-refractivity contribution in [1.29, 1.82) is 0 Å². The molecule has 0 radical (unpaired) electrons. The molecular weight excluding hydrogens is 318 g/mol. The van der Waals surface area contributed by atoms with Crippen LogP contribution in [0.1, 0.15) is 53.9 Å². The largest absolute Gasteiger partial charge is 0.343 e. The maximum absolute atomic E-state index is 12.7. The highest BCUT2D eigenvalue weighted by molar-refractivity contribution is 5.93. The Hall–Kier alpha value is -1.69. The van der Waals surface area contributed by atoms with Crippen LogP contribution < -0.4 is 10.6 Å². The minimum absolute atomic E-state index is 0.00350. The van der Waals surface area contributed by atoms with E-state index in [4.69, 9.17) is 0 Å². The van der Waals surface area contributed by atoms with Gasteiger partial charge in [-0.15, -0.1) is 0 Å². The number of carbonyl (C=O) groups is 3. The third kappa shape index (κ3) is 6.27. The molecule has 1 unspecified atom stereocenters. The number of ketones is 1. The third-order valence-corrected chi connectivity index (χ3v) is 4.81. The highest BCUT2D eigenvalue weighted by atomic mass is 16.2. The first-order valence-corrected chi connectivity index (χ1v) is 9.15. The highest BCUT2D eigenvalue weighted by Gasteiger charge is 2.28. The molecule has 0 aliphatic carbocycles. The second kappa shape index (κ2) is 9.70. The molecule has 6 nitrogen and oxygen atoms in total. The number of allylic oxidation sites excluding steroid dienone is 1. The molecule has 0 bridgehead atoms. The van der Waals surface area contributed by atoms with Crippen molar-refractivity contribution in [3.8, 4) is 0 Å². The zero-order valence-corrected chi connectivity index (χ0v) is 16.4. The summed E-state index contributed by atoms with van der Waals surface area (Å²) in [7, 11) is 1.72. The van der Waals surface area contributed by atoms with Crippen LogP contribution >= 0.6 is 0 Å². The molecule has 0 aromatic carbocycles. The Balaban J connectivity index is 2.75. The first-order valence-electron chi connectivity index (χ1n) is 9.15. The topological polar surface area (TPSA) is 78.5 Å². The van der Waals surface area contributed by atoms with Gasteiger partial charge in [0, 0.05) is 7.05 Å². The summed E-state index contributed by atoms with van der Waals surface area (Å²) < 4.78 is 0. The molecule has 1 rings (SSSR count). The van der Waals surface area contributed by atoms with Gasteiger partial charge in [0.25, 0.3) is 0 Å². The Labute approximate surface area is 151 Å². The molecule has 0 aromatic rings. The van der Waals surface area contributed by atoms with Crippen molar-refractivity contribution in [3.05, 3.63) is 11.6 Å². The Bertz CT molecular complexity index is 522. The van der Waals surface area contributed by atoms with Gasteiger partial charge < -0.3 is 15.5 Å². The maximum Gasteiger partial charge on any atom is 0.245 e. The molecule has 1 aliphatic rings. The van der Waals surface area contributed by atoms with E-state index in [-0.39, 0.29) is 35.6 Å². The van der Waals surface area contributed by atoms with E-state index in [0.29, 0.717) is 5.57 Å². The number of nitrogens with zero attached hydrogens (tertiary/aromatic N) is 1. The van der Waals surface area contributed by atoms with Gasteiger partial charge in [0.15, 0.2) is 5.78 Å². The molecule has 1 aliphatic heterocycles. The molecule has 1 saturated heterocycles. The predicted molar refractivity (Wildman–Crippen MR) is 99.1 cm³/mol. The molecule has 142 valence electrons. The van der Waals surface area contributed by atoms with E-state index in [0.717, 1.165) is 25.8 Å². The van der Waals surface area contributed by atoms with Crippen LogP contribution in [0.15, 0.2) is 11.6 Å². The van der Waals surface area contributed by atoms with E-state index < -0.39 is 6.04 Å². The molecule has 6 heteroatoms. The van der Waals surface area contributed by atoms with Gasteiger partial charge in [0.05, 0.1) is 12.1 Å². The van der Waals surface area contributed by atoms with Crippen molar-refractivity contribution in [2.45, 2.75) is 72.0 Å². The lowest BCUT2D eigenvalue weighted by molar-refractivity contribution is -0.137. The lowest BCUT2D eigenvalue weighted by Gasteiger charge is -2.32. The lowest BCUT2D eigenvalue weighted by Crippen LogP contribution is -2.54. The lowest BCUT2D eigenvalue weighted by atomic mass is 9.98. The molecular formula is C19H33N3O3. The van der Waals surface area contributed by atoms with Crippen LogP contribution in [0.5, 0.6) is 0 Å². The zero-order chi connectivity index (χ0) is 19.1. The molecule has 0 aromatic heterocycles. The number of nitrogens with one attached hydrogen (secondary N) is 2. The predicted octanol–water partition coefficient (Wildman–Crippen LogP) is 1.65. The number of piperidine rings is 1. The number of carbonyl (C=O) groups excluding carboxylic acids is 3. The Morgan fingerprint density at radius 3 is 2.28 bits per heavy atom. The molecule has 1 heterocycles. The van der Waals surface area contributed by atoms with Gasteiger partial charge >= 0.3 is 0 Å². The van der Waals surface area contributed by atoms with Crippen LogP contribution in [-0.2, 0) is 14.4 Å². The Kier molecular flexibility index (Phi) is 8.29. The van der Waals surface area contributed by atoms with Gasteiger partial charge in [-0.2, -0.15) is 0 Å². The van der Waals surface area contributed by atoms with Crippen LogP contribution in [0.25, 0.3) is 0 Å². The molecule has 2 amide bonds. The zero-order valence-electron chi connectivity index (χ0n) is 16.4. The molecule has 2 N–H and O–H groups in total. The first-order chi connectivity index (χ1) is 11.6. The fraction of sp³-hybridized carbons (Fsp3) is 0.737. The van der Waals surface area contributed by atoms with Crippen LogP contribution in [0.4, 0.5) is 0 Å². The molecule has 25 heavy (non-hydrogen) atoms. The van der Waals surface area contributed by atoms with Crippen LogP contribution in [0, 0.1) is 5.92 Å². The van der Waals surface area contributed by atoms with Crippen LogP contribution in [0.3, 0.4) is 0 Å². The van der Waals surface area contributed by atoms with Crippen LogP contribution in [0.2, 0.25) is 0 Å². The number of rotatable bonds is 7. The summed E-state index contributed by atoms with van der Waals surface area (Å²) >= 11 is 0. The van der Waals surface area contributed by atoms with E-state index in [1.165, 1.54) is 6.92 Å². The van der Waals surface area contributed by atoms with E-state index in [1.54, 1.807) is 25.8 Å². The summed E-state index contributed by atoms with van der Waals surface area (Å²) in [5.74, 6) is -0.122. The Morgan fingerprint density at radius 1 is 1.16 bits per heavy atom. The number of Topliss-reactive ketones (excluding diaryl/α,β-unsaturated/α-hetero) is 1. The van der Waals surface area contributed by atoms with Gasteiger partial charge in [0.1, 0.15) is 6.04 Å². The van der Waals surface area contributed by atoms with Gasteiger partial charge in [0.2, 0.25) is 11.8 Å².